The van der Waals surface area contributed by atoms with Gasteiger partial charge in [-0.1, -0.05) is 19.0 Å². The fraction of sp³-hybridized carbons (Fsp3) is 0.917. The second-order valence-electron chi connectivity index (χ2n) is 11.2. The number of hydrogen-bond donors (Lipinski definition) is 0. The van der Waals surface area contributed by atoms with E-state index in [0.717, 1.165) is 69.4 Å². The van der Waals surface area contributed by atoms with Gasteiger partial charge in [0.25, 0.3) is 0 Å². The quantitative estimate of drug-likeness (QED) is 0.647. The van der Waals surface area contributed by atoms with E-state index in [-0.39, 0.29) is 11.5 Å². The summed E-state index contributed by atoms with van der Waals surface area (Å²) in [7, 11) is 2.16. The summed E-state index contributed by atoms with van der Waals surface area (Å²) >= 11 is 0. The molecular weight excluding hydrogens is 348 g/mol. The van der Waals surface area contributed by atoms with E-state index in [4.69, 9.17) is 4.84 Å². The maximum atomic E-state index is 12.6. The summed E-state index contributed by atoms with van der Waals surface area (Å²) in [4.78, 5) is 20.8. The van der Waals surface area contributed by atoms with Gasteiger partial charge in [0.2, 0.25) is 0 Å². The normalized spacial score (nSPS) is 50.3. The Morgan fingerprint density at radius 2 is 1.89 bits per heavy atom. The predicted molar refractivity (Wildman–Crippen MR) is 111 cm³/mol. The third-order valence-electron chi connectivity index (χ3n) is 9.89. The van der Waals surface area contributed by atoms with Gasteiger partial charge < -0.3 is 9.74 Å². The van der Waals surface area contributed by atoms with Crippen LogP contribution in [0.3, 0.4) is 0 Å². The highest BCUT2D eigenvalue weighted by atomic mass is 16.6. The number of hydrogen-bond acceptors (Lipinski definition) is 4. The average molecular weight is 387 g/mol. The Morgan fingerprint density at radius 3 is 2.68 bits per heavy atom. The number of Topliss-reactive ketones (excluding diaryl/α,β-unsaturated/α-hetero) is 1. The number of ketones is 1. The fourth-order valence-corrected chi connectivity index (χ4v) is 8.04. The van der Waals surface area contributed by atoms with Crippen molar-refractivity contribution in [2.75, 3.05) is 20.1 Å². The molecule has 1 aliphatic heterocycles. The zero-order chi connectivity index (χ0) is 19.5. The van der Waals surface area contributed by atoms with Crippen LogP contribution >= 0.6 is 0 Å². The lowest BCUT2D eigenvalue weighted by Crippen LogP contribution is -2.53. The summed E-state index contributed by atoms with van der Waals surface area (Å²) in [5.74, 6) is 3.60. The monoisotopic (exact) mass is 386 g/mol. The highest BCUT2D eigenvalue weighted by molar-refractivity contribution is 5.87. The van der Waals surface area contributed by atoms with Crippen molar-refractivity contribution < 1.29 is 9.63 Å². The van der Waals surface area contributed by atoms with Crippen molar-refractivity contribution in [2.24, 2.45) is 39.7 Å². The van der Waals surface area contributed by atoms with Crippen molar-refractivity contribution in [3.05, 3.63) is 0 Å². The number of fused-ring (bicyclic) bond motifs is 5. The molecule has 4 aliphatic carbocycles. The molecule has 0 N–H and O–H groups in total. The first kappa shape index (κ1) is 19.1. The van der Waals surface area contributed by atoms with Gasteiger partial charge in [-0.2, -0.15) is 0 Å². The predicted octanol–water partition coefficient (Wildman–Crippen LogP) is 4.67. The lowest BCUT2D eigenvalue weighted by atomic mass is 9.45. The van der Waals surface area contributed by atoms with Crippen LogP contribution in [0.2, 0.25) is 0 Å². The lowest BCUT2D eigenvalue weighted by Gasteiger charge is -2.59. The van der Waals surface area contributed by atoms with Crippen molar-refractivity contribution in [1.29, 1.82) is 0 Å². The first-order valence-corrected chi connectivity index (χ1v) is 11.8. The zero-order valence-corrected chi connectivity index (χ0v) is 18.1. The van der Waals surface area contributed by atoms with Crippen LogP contribution < -0.4 is 0 Å². The molecule has 7 atom stereocenters. The average Bonchev–Trinajstić information content (AvgIpc) is 3.23. The van der Waals surface area contributed by atoms with Gasteiger partial charge in [-0.05, 0) is 87.5 Å². The summed E-state index contributed by atoms with van der Waals surface area (Å²) < 4.78 is 0. The molecule has 0 aromatic heterocycles. The number of nitrogens with zero attached hydrogens (tertiary/aromatic N) is 2. The Morgan fingerprint density at radius 1 is 1.04 bits per heavy atom. The molecule has 156 valence electrons. The minimum Gasteiger partial charge on any atom is -0.391 e. The van der Waals surface area contributed by atoms with Crippen molar-refractivity contribution in [3.63, 3.8) is 0 Å². The molecule has 4 heteroatoms. The molecule has 0 radical (unpaired) electrons. The summed E-state index contributed by atoms with van der Waals surface area (Å²) in [6, 6.07) is 0. The molecule has 28 heavy (non-hydrogen) atoms. The van der Waals surface area contributed by atoms with Crippen LogP contribution in [-0.2, 0) is 9.63 Å². The van der Waals surface area contributed by atoms with Gasteiger partial charge in [-0.3, -0.25) is 4.79 Å². The highest BCUT2D eigenvalue weighted by Crippen LogP contribution is 2.65. The standard InChI is InChI=1S/C24H38N2O2/c1-23-11-8-17(25-28-18-10-13-26(3)15-18)14-16(23)4-5-19-20-6-7-22(27)24(20,2)12-9-21(19)23/h16,18-21H,4-15H2,1-3H3/b25-17-/t16?,18-,19?,20?,21?,23-,24-/m0/s1. The van der Waals surface area contributed by atoms with E-state index in [1.807, 2.05) is 0 Å². The summed E-state index contributed by atoms with van der Waals surface area (Å²) in [5, 5.41) is 4.65. The summed E-state index contributed by atoms with van der Waals surface area (Å²) in [6.45, 7) is 7.01. The van der Waals surface area contributed by atoms with Crippen molar-refractivity contribution in [2.45, 2.75) is 84.2 Å². The van der Waals surface area contributed by atoms with Crippen LogP contribution in [0.25, 0.3) is 0 Å². The SMILES string of the molecule is CN1CC[C@H](O/N=C2/CC[C@@]3(C)C(CCC4C3CC[C@]3(C)C(=O)CCC43)C2)C1. The Kier molecular flexibility index (Phi) is 4.65. The Balaban J connectivity index is 1.28. The van der Waals surface area contributed by atoms with Crippen LogP contribution in [-0.4, -0.2) is 42.6 Å². The molecule has 0 bridgehead atoms. The Bertz CT molecular complexity index is 676. The molecule has 1 saturated heterocycles. The van der Waals surface area contributed by atoms with E-state index < -0.39 is 0 Å². The third-order valence-corrected chi connectivity index (χ3v) is 9.89. The molecule has 5 fully saturated rings. The maximum absolute atomic E-state index is 12.6. The van der Waals surface area contributed by atoms with Crippen LogP contribution in [0.5, 0.6) is 0 Å². The molecule has 5 aliphatic rings. The molecule has 1 heterocycles. The fourth-order valence-electron chi connectivity index (χ4n) is 8.04. The first-order valence-electron chi connectivity index (χ1n) is 11.8. The zero-order valence-electron chi connectivity index (χ0n) is 18.1. The molecule has 5 rings (SSSR count). The Labute approximate surface area is 170 Å². The van der Waals surface area contributed by atoms with E-state index in [2.05, 4.69) is 31.0 Å². The first-order chi connectivity index (χ1) is 13.4. The third kappa shape index (κ3) is 2.88. The minimum atomic E-state index is 0.00787. The molecule has 0 spiro atoms. The molecular formula is C24H38N2O2. The topological polar surface area (TPSA) is 41.9 Å². The number of oxime groups is 1. The van der Waals surface area contributed by atoms with Crippen molar-refractivity contribution in [1.82, 2.24) is 4.90 Å². The molecule has 4 saturated carbocycles. The van der Waals surface area contributed by atoms with Gasteiger partial charge >= 0.3 is 0 Å². The molecule has 4 unspecified atom stereocenters. The molecule has 0 aromatic carbocycles. The second-order valence-corrected chi connectivity index (χ2v) is 11.2. The van der Waals surface area contributed by atoms with Crippen LogP contribution in [0.1, 0.15) is 78.1 Å². The number of likely N-dealkylation sites (tertiary alicyclic amines) is 1. The smallest absolute Gasteiger partial charge is 0.141 e. The Hall–Kier alpha value is -0.900. The molecule has 4 nitrogen and oxygen atoms in total. The van der Waals surface area contributed by atoms with Gasteiger partial charge in [-0.15, -0.1) is 0 Å². The summed E-state index contributed by atoms with van der Waals surface area (Å²) in [6.07, 6.45) is 12.0. The van der Waals surface area contributed by atoms with Crippen LogP contribution in [0.15, 0.2) is 5.16 Å². The number of carbonyl (C=O) groups is 1. The number of likely N-dealkylation sites (N-methyl/N-ethyl adjacent to an activating group) is 1. The minimum absolute atomic E-state index is 0.00787. The lowest BCUT2D eigenvalue weighted by molar-refractivity contribution is -0.137. The van der Waals surface area contributed by atoms with Crippen molar-refractivity contribution in [3.8, 4) is 0 Å². The van der Waals surface area contributed by atoms with Gasteiger partial charge in [0.15, 0.2) is 0 Å². The van der Waals surface area contributed by atoms with Gasteiger partial charge in [0, 0.05) is 31.3 Å². The number of rotatable bonds is 2. The molecule has 0 amide bonds. The highest BCUT2D eigenvalue weighted by Gasteiger charge is 2.60. The van der Waals surface area contributed by atoms with Gasteiger partial charge in [0.05, 0.1) is 5.71 Å². The summed E-state index contributed by atoms with van der Waals surface area (Å²) in [5.41, 5.74) is 1.77. The van der Waals surface area contributed by atoms with Gasteiger partial charge in [0.1, 0.15) is 11.9 Å². The van der Waals surface area contributed by atoms with E-state index in [0.29, 0.717) is 17.1 Å². The van der Waals surface area contributed by atoms with E-state index in [1.165, 1.54) is 31.4 Å². The van der Waals surface area contributed by atoms with Crippen LogP contribution in [0.4, 0.5) is 0 Å². The van der Waals surface area contributed by atoms with Crippen LogP contribution in [0, 0.1) is 34.5 Å². The van der Waals surface area contributed by atoms with E-state index in [9.17, 15) is 4.79 Å². The van der Waals surface area contributed by atoms with E-state index >= 15 is 0 Å². The molecule has 0 aromatic rings. The van der Waals surface area contributed by atoms with Crippen molar-refractivity contribution >= 4 is 11.5 Å². The van der Waals surface area contributed by atoms with E-state index in [1.54, 1.807) is 0 Å². The second kappa shape index (κ2) is 6.82. The number of carbonyl (C=O) groups excluding carboxylic acids is 1. The largest absolute Gasteiger partial charge is 0.391 e. The maximum Gasteiger partial charge on any atom is 0.141 e. The van der Waals surface area contributed by atoms with Gasteiger partial charge in [-0.25, -0.2) is 0 Å².